The predicted octanol–water partition coefficient (Wildman–Crippen LogP) is 14.3. The number of carbonyl (C=O) groups is 2. The summed E-state index contributed by atoms with van der Waals surface area (Å²) >= 11 is 0. The van der Waals surface area contributed by atoms with Gasteiger partial charge in [-0.25, -0.2) is 0 Å². The lowest BCUT2D eigenvalue weighted by Crippen LogP contribution is -2.28. The van der Waals surface area contributed by atoms with Crippen molar-refractivity contribution in [3.05, 3.63) is 60.8 Å². The zero-order valence-corrected chi connectivity index (χ0v) is 34.8. The van der Waals surface area contributed by atoms with E-state index in [1.165, 1.54) is 109 Å². The zero-order valence-electron chi connectivity index (χ0n) is 34.8. The molecule has 0 rings (SSSR count). The van der Waals surface area contributed by atoms with Crippen LogP contribution < -0.4 is 0 Å². The van der Waals surface area contributed by atoms with Crippen LogP contribution in [0.4, 0.5) is 0 Å². The van der Waals surface area contributed by atoms with Crippen molar-refractivity contribution in [2.45, 2.75) is 219 Å². The van der Waals surface area contributed by atoms with Gasteiger partial charge in [-0.05, 0) is 57.8 Å². The molecule has 0 aromatic rings. The number of aliphatic hydroxyl groups excluding tert-OH is 1. The molecule has 0 radical (unpaired) electrons. The van der Waals surface area contributed by atoms with Gasteiger partial charge in [0.15, 0.2) is 6.10 Å². The van der Waals surface area contributed by atoms with Crippen molar-refractivity contribution in [2.75, 3.05) is 13.2 Å². The van der Waals surface area contributed by atoms with Gasteiger partial charge in [0, 0.05) is 12.8 Å². The van der Waals surface area contributed by atoms with Crippen molar-refractivity contribution >= 4 is 11.9 Å². The molecule has 0 spiro atoms. The predicted molar refractivity (Wildman–Crippen MR) is 228 cm³/mol. The Morgan fingerprint density at radius 1 is 0.453 bits per heavy atom. The summed E-state index contributed by atoms with van der Waals surface area (Å²) in [6.45, 7) is 4.01. The Kier molecular flexibility index (Phi) is 42.0. The Bertz CT molecular complexity index is 930. The molecule has 0 aliphatic carbocycles. The molecular formula is C48H84O5. The van der Waals surface area contributed by atoms with E-state index in [1.54, 1.807) is 0 Å². The van der Waals surface area contributed by atoms with Gasteiger partial charge in [-0.15, -0.1) is 0 Å². The quantitative estimate of drug-likeness (QED) is 0.0385. The van der Waals surface area contributed by atoms with Crippen LogP contribution in [0.15, 0.2) is 60.8 Å². The first kappa shape index (κ1) is 50.6. The van der Waals surface area contributed by atoms with E-state index in [-0.39, 0.29) is 25.2 Å². The maximum absolute atomic E-state index is 12.2. The number of allylic oxidation sites excluding steroid dienone is 10. The van der Waals surface area contributed by atoms with Gasteiger partial charge in [0.2, 0.25) is 0 Å². The van der Waals surface area contributed by atoms with E-state index in [0.29, 0.717) is 12.8 Å². The summed E-state index contributed by atoms with van der Waals surface area (Å²) in [5, 5.41) is 9.58. The second kappa shape index (κ2) is 44.0. The van der Waals surface area contributed by atoms with Crippen LogP contribution in [-0.4, -0.2) is 36.4 Å². The highest BCUT2D eigenvalue weighted by atomic mass is 16.6. The van der Waals surface area contributed by atoms with Crippen LogP contribution in [0, 0.1) is 0 Å². The molecule has 0 bridgehead atoms. The molecule has 0 fully saturated rings. The molecule has 0 saturated carbocycles. The lowest BCUT2D eigenvalue weighted by molar-refractivity contribution is -0.161. The Morgan fingerprint density at radius 3 is 1.23 bits per heavy atom. The normalized spacial score (nSPS) is 12.7. The highest BCUT2D eigenvalue weighted by Gasteiger charge is 2.16. The summed E-state index contributed by atoms with van der Waals surface area (Å²) in [6.07, 6.45) is 57.2. The maximum atomic E-state index is 12.2. The Morgan fingerprint density at radius 2 is 0.811 bits per heavy atom. The highest BCUT2D eigenvalue weighted by Crippen LogP contribution is 2.15. The monoisotopic (exact) mass is 741 g/mol. The first-order chi connectivity index (χ1) is 26.1. The van der Waals surface area contributed by atoms with Crippen molar-refractivity contribution in [1.82, 2.24) is 0 Å². The van der Waals surface area contributed by atoms with E-state index in [9.17, 15) is 14.7 Å². The molecule has 5 heteroatoms. The van der Waals surface area contributed by atoms with Crippen molar-refractivity contribution in [2.24, 2.45) is 0 Å². The smallest absolute Gasteiger partial charge is 0.306 e. The molecule has 0 heterocycles. The summed E-state index contributed by atoms with van der Waals surface area (Å²) in [5.41, 5.74) is 0. The first-order valence-corrected chi connectivity index (χ1v) is 22.3. The summed E-state index contributed by atoms with van der Waals surface area (Å²) in [5.74, 6) is -0.624. The molecule has 0 amide bonds. The topological polar surface area (TPSA) is 72.8 Å². The number of rotatable bonds is 40. The summed E-state index contributed by atoms with van der Waals surface area (Å²) < 4.78 is 10.6. The minimum absolute atomic E-state index is 0.0790. The minimum atomic E-state index is -0.789. The van der Waals surface area contributed by atoms with Gasteiger partial charge in [-0.2, -0.15) is 0 Å². The molecular weight excluding hydrogens is 657 g/mol. The number of esters is 2. The second-order valence-electron chi connectivity index (χ2n) is 14.8. The fraction of sp³-hybridized carbons (Fsp3) is 0.750. The molecule has 0 saturated heterocycles. The van der Waals surface area contributed by atoms with Crippen molar-refractivity contribution in [3.63, 3.8) is 0 Å². The molecule has 0 aromatic carbocycles. The third-order valence-corrected chi connectivity index (χ3v) is 9.58. The summed E-state index contributed by atoms with van der Waals surface area (Å²) in [7, 11) is 0. The van der Waals surface area contributed by atoms with E-state index >= 15 is 0 Å². The molecule has 5 nitrogen and oxygen atoms in total. The van der Waals surface area contributed by atoms with E-state index in [0.717, 1.165) is 77.0 Å². The van der Waals surface area contributed by atoms with E-state index in [1.807, 2.05) is 0 Å². The largest absolute Gasteiger partial charge is 0.462 e. The van der Waals surface area contributed by atoms with Gasteiger partial charge in [0.25, 0.3) is 0 Å². The van der Waals surface area contributed by atoms with Crippen LogP contribution in [0.2, 0.25) is 0 Å². The van der Waals surface area contributed by atoms with Gasteiger partial charge in [-0.3, -0.25) is 9.59 Å². The Hall–Kier alpha value is -2.40. The van der Waals surface area contributed by atoms with Crippen LogP contribution in [0.3, 0.4) is 0 Å². The molecule has 1 unspecified atom stereocenters. The molecule has 0 aliphatic rings. The van der Waals surface area contributed by atoms with E-state index in [2.05, 4.69) is 74.6 Å². The van der Waals surface area contributed by atoms with Crippen LogP contribution in [0.25, 0.3) is 0 Å². The van der Waals surface area contributed by atoms with E-state index in [4.69, 9.17) is 9.47 Å². The van der Waals surface area contributed by atoms with E-state index < -0.39 is 6.10 Å². The summed E-state index contributed by atoms with van der Waals surface area (Å²) in [6, 6.07) is 0. The minimum Gasteiger partial charge on any atom is -0.462 e. The average molecular weight is 741 g/mol. The van der Waals surface area contributed by atoms with Crippen LogP contribution in [0.1, 0.15) is 213 Å². The molecule has 1 atom stereocenters. The number of aliphatic hydroxyl groups is 1. The number of carbonyl (C=O) groups excluding carboxylic acids is 2. The van der Waals surface area contributed by atoms with Crippen molar-refractivity contribution in [3.8, 4) is 0 Å². The fourth-order valence-corrected chi connectivity index (χ4v) is 6.23. The van der Waals surface area contributed by atoms with Crippen LogP contribution in [0.5, 0.6) is 0 Å². The van der Waals surface area contributed by atoms with Crippen molar-refractivity contribution in [1.29, 1.82) is 0 Å². The average Bonchev–Trinajstić information content (AvgIpc) is 3.16. The van der Waals surface area contributed by atoms with Gasteiger partial charge in [0.05, 0.1) is 6.61 Å². The van der Waals surface area contributed by atoms with Gasteiger partial charge >= 0.3 is 11.9 Å². The summed E-state index contributed by atoms with van der Waals surface area (Å²) in [4.78, 5) is 24.3. The Labute approximate surface area is 328 Å². The molecule has 0 aliphatic heterocycles. The number of hydrogen-bond acceptors (Lipinski definition) is 5. The van der Waals surface area contributed by atoms with Crippen LogP contribution >= 0.6 is 0 Å². The molecule has 0 aromatic heterocycles. The first-order valence-electron chi connectivity index (χ1n) is 22.3. The van der Waals surface area contributed by atoms with Gasteiger partial charge in [0.1, 0.15) is 6.61 Å². The van der Waals surface area contributed by atoms with Crippen molar-refractivity contribution < 1.29 is 24.2 Å². The number of ether oxygens (including phenoxy) is 2. The molecule has 53 heavy (non-hydrogen) atoms. The highest BCUT2D eigenvalue weighted by molar-refractivity contribution is 5.70. The van der Waals surface area contributed by atoms with Gasteiger partial charge in [-0.1, -0.05) is 203 Å². The zero-order chi connectivity index (χ0) is 38.6. The molecule has 1 N–H and O–H groups in total. The SMILES string of the molecule is CC/C=C\C/C=C\C/C=C\C/C=C\C/C=C\CCCCCC(=O)OC(CO)COC(=O)CCCCCCCCCCCCCCCCCCCCCC. The number of unbranched alkanes of at least 4 members (excludes halogenated alkanes) is 22. The molecule has 306 valence electrons. The Balaban J connectivity index is 3.58. The van der Waals surface area contributed by atoms with Crippen LogP contribution in [-0.2, 0) is 19.1 Å². The second-order valence-corrected chi connectivity index (χ2v) is 14.8. The standard InChI is InChI=1S/C48H84O5/c1-3-5-7-9-11-13-15-17-19-21-23-25-26-28-30-32-34-36-38-40-42-47(50)52-45-46(44-49)53-48(51)43-41-39-37-35-33-31-29-27-24-22-20-18-16-14-12-10-8-6-4-2/h6,8,12,14,18,20,24,27,31,33,46,49H,3-5,7,9-11,13,15-17,19,21-23,25-26,28-30,32,34-45H2,1-2H3/b8-6-,14-12-,20-18-,27-24-,33-31-. The lowest BCUT2D eigenvalue weighted by Gasteiger charge is -2.15. The van der Waals surface area contributed by atoms with Gasteiger partial charge < -0.3 is 14.6 Å². The third-order valence-electron chi connectivity index (χ3n) is 9.58. The maximum Gasteiger partial charge on any atom is 0.306 e. The number of hydrogen-bond donors (Lipinski definition) is 1. The fourth-order valence-electron chi connectivity index (χ4n) is 6.23. The lowest BCUT2D eigenvalue weighted by atomic mass is 10.0. The third kappa shape index (κ3) is 42.2.